The smallest absolute Gasteiger partial charge is 0.508 e. The zero-order valence-electron chi connectivity index (χ0n) is 32.9. The number of alkyl halides is 3. The Labute approximate surface area is 367 Å². The van der Waals surface area contributed by atoms with Gasteiger partial charge in [-0.05, 0) is 97.1 Å². The number of phenolic OH excluding ortho intramolecular Hbond substituents is 1. The molecule has 11 nitrogen and oxygen atoms in total. The average Bonchev–Trinajstić information content (AvgIpc) is 3.65. The van der Waals surface area contributed by atoms with Gasteiger partial charge in [0.05, 0.1) is 46.7 Å². The van der Waals surface area contributed by atoms with E-state index in [9.17, 15) is 32.7 Å². The van der Waals surface area contributed by atoms with Gasteiger partial charge < -0.3 is 14.6 Å². The third-order valence-corrected chi connectivity index (χ3v) is 13.1. The molecule has 9 rings (SSSR count). The van der Waals surface area contributed by atoms with Crippen molar-refractivity contribution >= 4 is 64.0 Å². The normalized spacial score (nSPS) is 24.1. The molecule has 0 radical (unpaired) electrons. The Balaban J connectivity index is 1.19. The topological polar surface area (TPSA) is 143 Å². The number of benzene rings is 5. The van der Waals surface area contributed by atoms with Gasteiger partial charge in [0.1, 0.15) is 17.2 Å². The van der Waals surface area contributed by atoms with E-state index in [1.165, 1.54) is 49.6 Å². The molecule has 2 aliphatic carbocycles. The van der Waals surface area contributed by atoms with Gasteiger partial charge in [0.25, 0.3) is 11.8 Å². The maximum Gasteiger partial charge on any atom is 0.573 e. The first-order valence-corrected chi connectivity index (χ1v) is 20.5. The van der Waals surface area contributed by atoms with Crippen LogP contribution in [0.5, 0.6) is 17.2 Å². The second kappa shape index (κ2) is 15.6. The second-order valence-electron chi connectivity index (χ2n) is 15.7. The quantitative estimate of drug-likeness (QED) is 0.0842. The van der Waals surface area contributed by atoms with Crippen molar-refractivity contribution in [3.8, 4) is 17.2 Å². The first-order chi connectivity index (χ1) is 30.1. The van der Waals surface area contributed by atoms with E-state index in [0.717, 1.165) is 28.1 Å². The fourth-order valence-electron chi connectivity index (χ4n) is 9.92. The molecule has 1 saturated carbocycles. The van der Waals surface area contributed by atoms with E-state index in [4.69, 9.17) is 27.9 Å². The minimum atomic E-state index is -5.14. The van der Waals surface area contributed by atoms with Crippen LogP contribution in [-0.4, -0.2) is 53.0 Å². The number of carbonyl (C=O) groups is 5. The lowest BCUT2D eigenvalue weighted by Crippen LogP contribution is -2.53. The lowest BCUT2D eigenvalue weighted by atomic mass is 9.49. The molecule has 3 fully saturated rings. The number of phenols is 1. The number of halogens is 5. The summed E-state index contributed by atoms with van der Waals surface area (Å²) in [6, 6.07) is 28.2. The van der Waals surface area contributed by atoms with Crippen LogP contribution in [-0.2, 0) is 24.6 Å². The van der Waals surface area contributed by atoms with Crippen LogP contribution in [0.15, 0.2) is 127 Å². The van der Waals surface area contributed by atoms with Crippen molar-refractivity contribution in [1.29, 1.82) is 0 Å². The standard InChI is InChI=1S/C47H34Cl2F3N3O8/c1-62-29-14-9-26(10-15-29)46-35(43(59)55(45(46)61)53-37-19-11-27(48)21-36(37)49)23-33-31(40(46)34-22-30(16-20-38(34)56)63-47(50,51)52)17-18-32-39(33)44(60)54(42(32)58)28-12-7-25(8-13-28)41(57)24-5-3-2-4-6-24/h2-17,19-22,32-33,35,39-40,53,56H,18,23H2,1H3/t32-,33+,35-,39-,40+,46+/m0/s1. The lowest BCUT2D eigenvalue weighted by molar-refractivity contribution is -0.274. The highest BCUT2D eigenvalue weighted by Crippen LogP contribution is 2.65. The summed E-state index contributed by atoms with van der Waals surface area (Å²) in [7, 11) is 1.44. The maximum atomic E-state index is 15.5. The van der Waals surface area contributed by atoms with E-state index in [0.29, 0.717) is 22.4 Å². The van der Waals surface area contributed by atoms with Crippen molar-refractivity contribution in [3.05, 3.63) is 159 Å². The van der Waals surface area contributed by atoms with E-state index < -0.39 is 76.5 Å². The van der Waals surface area contributed by atoms with Crippen molar-refractivity contribution in [3.63, 3.8) is 0 Å². The molecular weight excluding hydrogens is 862 g/mol. The fraction of sp³-hybridized carbons (Fsp3) is 0.213. The van der Waals surface area contributed by atoms with Crippen LogP contribution in [0.25, 0.3) is 0 Å². The number of ketones is 1. The van der Waals surface area contributed by atoms with Crippen LogP contribution < -0.4 is 19.8 Å². The Morgan fingerprint density at radius 2 is 1.49 bits per heavy atom. The molecule has 320 valence electrons. The molecule has 63 heavy (non-hydrogen) atoms. The van der Waals surface area contributed by atoms with Crippen LogP contribution in [0.2, 0.25) is 10.0 Å². The number of amides is 4. The van der Waals surface area contributed by atoms with Crippen molar-refractivity contribution < 1.29 is 51.7 Å². The fourth-order valence-corrected chi connectivity index (χ4v) is 10.4. The number of hydrogen-bond donors (Lipinski definition) is 2. The molecule has 4 aliphatic rings. The second-order valence-corrected chi connectivity index (χ2v) is 16.6. The summed E-state index contributed by atoms with van der Waals surface area (Å²) in [6.07, 6.45) is -3.63. The van der Waals surface area contributed by atoms with E-state index in [1.54, 1.807) is 60.7 Å². The zero-order valence-corrected chi connectivity index (χ0v) is 34.4. The van der Waals surface area contributed by atoms with Gasteiger partial charge in [-0.25, -0.2) is 0 Å². The Bertz CT molecular complexity index is 2750. The predicted octanol–water partition coefficient (Wildman–Crippen LogP) is 9.03. The van der Waals surface area contributed by atoms with E-state index >= 15 is 9.59 Å². The number of nitrogens with one attached hydrogen (secondary N) is 1. The largest absolute Gasteiger partial charge is 0.573 e. The van der Waals surface area contributed by atoms with Crippen LogP contribution in [0.4, 0.5) is 24.5 Å². The molecule has 6 atom stereocenters. The van der Waals surface area contributed by atoms with Crippen LogP contribution >= 0.6 is 23.2 Å². The maximum absolute atomic E-state index is 15.5. The molecule has 0 bridgehead atoms. The lowest BCUT2D eigenvalue weighted by Gasteiger charge is -2.50. The van der Waals surface area contributed by atoms with Crippen molar-refractivity contribution in [1.82, 2.24) is 5.01 Å². The molecular formula is C47H34Cl2F3N3O8. The number of hydrazine groups is 1. The van der Waals surface area contributed by atoms with Gasteiger partial charge in [0.15, 0.2) is 5.78 Å². The number of allylic oxidation sites excluding steroid dienone is 2. The molecule has 5 aromatic rings. The monoisotopic (exact) mass is 895 g/mol. The van der Waals surface area contributed by atoms with Crippen molar-refractivity contribution in [2.45, 2.75) is 30.5 Å². The zero-order chi connectivity index (χ0) is 44.5. The third kappa shape index (κ3) is 6.88. The van der Waals surface area contributed by atoms with Gasteiger partial charge in [-0.2, -0.15) is 5.01 Å². The number of nitrogens with zero attached hydrogens (tertiary/aromatic N) is 2. The molecule has 2 heterocycles. The first-order valence-electron chi connectivity index (χ1n) is 19.7. The Hall–Kier alpha value is -6.64. The molecule has 2 aliphatic heterocycles. The van der Waals surface area contributed by atoms with Crippen LogP contribution in [0.3, 0.4) is 0 Å². The summed E-state index contributed by atoms with van der Waals surface area (Å²) >= 11 is 12.7. The van der Waals surface area contributed by atoms with Gasteiger partial charge in [-0.15, -0.1) is 13.2 Å². The molecule has 0 aromatic heterocycles. The average molecular weight is 897 g/mol. The molecule has 4 amide bonds. The summed E-state index contributed by atoms with van der Waals surface area (Å²) in [4.78, 5) is 73.9. The number of rotatable bonds is 9. The molecule has 2 saturated heterocycles. The molecule has 16 heteroatoms. The number of ether oxygens (including phenoxy) is 2. The summed E-state index contributed by atoms with van der Waals surface area (Å²) in [6.45, 7) is 0. The molecule has 2 N–H and O–H groups in total. The Kier molecular flexibility index (Phi) is 10.3. The van der Waals surface area contributed by atoms with Gasteiger partial charge in [0.2, 0.25) is 11.8 Å². The van der Waals surface area contributed by atoms with E-state index in [-0.39, 0.29) is 51.2 Å². The Morgan fingerprint density at radius 3 is 2.16 bits per heavy atom. The van der Waals surface area contributed by atoms with Gasteiger partial charge in [0, 0.05) is 27.6 Å². The van der Waals surface area contributed by atoms with Crippen LogP contribution in [0, 0.1) is 23.7 Å². The summed E-state index contributed by atoms with van der Waals surface area (Å²) < 4.78 is 51.0. The van der Waals surface area contributed by atoms with E-state index in [2.05, 4.69) is 10.2 Å². The van der Waals surface area contributed by atoms with Gasteiger partial charge >= 0.3 is 6.36 Å². The highest BCUT2D eigenvalue weighted by molar-refractivity contribution is 6.36. The number of methoxy groups -OCH3 is 1. The third-order valence-electron chi connectivity index (χ3n) is 12.5. The highest BCUT2D eigenvalue weighted by atomic mass is 35.5. The number of hydrogen-bond acceptors (Lipinski definition) is 9. The first kappa shape index (κ1) is 41.7. The SMILES string of the molecule is COc1ccc([C@@]23C(=O)N(Nc4ccc(Cl)cc4Cl)C(=O)[C@@H]2C[C@@H]2C(=CC[C@@H]4C(=O)N(c5ccc(C(=O)c6ccccc6)cc5)C(=O)[C@@H]42)[C@@H]3c2cc(OC(F)(F)F)ccc2O)cc1. The Morgan fingerprint density at radius 1 is 0.810 bits per heavy atom. The van der Waals surface area contributed by atoms with Crippen molar-refractivity contribution in [2.75, 3.05) is 17.4 Å². The van der Waals surface area contributed by atoms with Crippen molar-refractivity contribution in [2.24, 2.45) is 23.7 Å². The van der Waals surface area contributed by atoms with E-state index in [1.807, 2.05) is 0 Å². The molecule has 0 unspecified atom stereocenters. The minimum Gasteiger partial charge on any atom is -0.508 e. The number of imide groups is 2. The van der Waals surface area contributed by atoms with Crippen LogP contribution in [0.1, 0.15) is 45.8 Å². The molecule has 5 aromatic carbocycles. The number of aromatic hydroxyl groups is 1. The van der Waals surface area contributed by atoms with Gasteiger partial charge in [-0.1, -0.05) is 77.3 Å². The summed E-state index contributed by atoms with van der Waals surface area (Å²) in [5.74, 6) is -9.50. The number of fused-ring (bicyclic) bond motifs is 4. The molecule has 0 spiro atoms. The number of carbonyl (C=O) groups excluding carboxylic acids is 5. The summed E-state index contributed by atoms with van der Waals surface area (Å²) in [5, 5.41) is 12.8. The minimum absolute atomic E-state index is 0.0218. The summed E-state index contributed by atoms with van der Waals surface area (Å²) in [5.41, 5.74) is 2.42. The predicted molar refractivity (Wildman–Crippen MR) is 224 cm³/mol. The van der Waals surface area contributed by atoms with Gasteiger partial charge in [-0.3, -0.25) is 34.3 Å². The number of anilines is 2. The highest BCUT2D eigenvalue weighted by Gasteiger charge is 2.71.